The molecule has 0 radical (unpaired) electrons. The highest BCUT2D eigenvalue weighted by molar-refractivity contribution is 7.18. The zero-order chi connectivity index (χ0) is 22.0. The van der Waals surface area contributed by atoms with Gasteiger partial charge in [-0.2, -0.15) is 0 Å². The summed E-state index contributed by atoms with van der Waals surface area (Å²) in [5, 5.41) is 12.4. The van der Waals surface area contributed by atoms with E-state index in [0.717, 1.165) is 28.2 Å². The topological polar surface area (TPSA) is 78.4 Å². The lowest BCUT2D eigenvalue weighted by Gasteiger charge is -2.23. The molecule has 2 aromatic carbocycles. The lowest BCUT2D eigenvalue weighted by Crippen LogP contribution is -2.43. The number of anilines is 2. The van der Waals surface area contributed by atoms with Gasteiger partial charge in [0, 0.05) is 37.5 Å². The molecule has 1 N–H and O–H groups in total. The number of aromatic nitrogens is 2. The number of nitrogens with zero attached hydrogens (tertiary/aromatic N) is 4. The first kappa shape index (κ1) is 21.0. The fourth-order valence-electron chi connectivity index (χ4n) is 3.63. The molecule has 160 valence electrons. The second kappa shape index (κ2) is 8.85. The zero-order valence-corrected chi connectivity index (χ0v) is 18.6. The summed E-state index contributed by atoms with van der Waals surface area (Å²) in [4.78, 5) is 29.5. The molecular formula is C23H25N5O2S. The van der Waals surface area contributed by atoms with Crippen LogP contribution in [0.2, 0.25) is 0 Å². The Kier molecular flexibility index (Phi) is 5.99. The van der Waals surface area contributed by atoms with E-state index in [1.165, 1.54) is 11.3 Å². The second-order valence-electron chi connectivity index (χ2n) is 7.87. The highest BCUT2D eigenvalue weighted by Gasteiger charge is 2.35. The number of benzene rings is 2. The number of amides is 2. The van der Waals surface area contributed by atoms with Crippen molar-refractivity contribution in [3.63, 3.8) is 0 Å². The van der Waals surface area contributed by atoms with Crippen LogP contribution in [0.3, 0.4) is 0 Å². The van der Waals surface area contributed by atoms with Crippen molar-refractivity contribution in [1.29, 1.82) is 0 Å². The Labute approximate surface area is 185 Å². The minimum absolute atomic E-state index is 0.114. The molecule has 1 aliphatic rings. The number of hydrogen-bond acceptors (Lipinski definition) is 6. The van der Waals surface area contributed by atoms with Crippen LogP contribution in [0.1, 0.15) is 28.8 Å². The van der Waals surface area contributed by atoms with Gasteiger partial charge in [0.15, 0.2) is 0 Å². The van der Waals surface area contributed by atoms with E-state index in [-0.39, 0.29) is 11.8 Å². The van der Waals surface area contributed by atoms with E-state index >= 15 is 0 Å². The molecule has 1 unspecified atom stereocenters. The predicted octanol–water partition coefficient (Wildman–Crippen LogP) is 3.82. The molecule has 1 aromatic heterocycles. The number of likely N-dealkylation sites (tertiary alicyclic amines) is 1. The molecule has 0 spiro atoms. The van der Waals surface area contributed by atoms with Crippen molar-refractivity contribution in [2.24, 2.45) is 0 Å². The smallest absolute Gasteiger partial charge is 0.254 e. The fourth-order valence-corrected chi connectivity index (χ4v) is 4.38. The summed E-state index contributed by atoms with van der Waals surface area (Å²) in [5.41, 5.74) is 3.74. The number of rotatable bonds is 5. The second-order valence-corrected chi connectivity index (χ2v) is 8.84. The zero-order valence-electron chi connectivity index (χ0n) is 17.8. The highest BCUT2D eigenvalue weighted by atomic mass is 32.1. The summed E-state index contributed by atoms with van der Waals surface area (Å²) >= 11 is 1.32. The summed E-state index contributed by atoms with van der Waals surface area (Å²) in [6.07, 6.45) is 1.44. The van der Waals surface area contributed by atoms with Crippen molar-refractivity contribution < 1.29 is 9.59 Å². The molecule has 4 rings (SSSR count). The first-order valence-electron chi connectivity index (χ1n) is 10.2. The normalized spacial score (nSPS) is 15.7. The van der Waals surface area contributed by atoms with Crippen molar-refractivity contribution in [3.8, 4) is 10.6 Å². The van der Waals surface area contributed by atoms with Gasteiger partial charge in [0.25, 0.3) is 5.91 Å². The Morgan fingerprint density at radius 2 is 1.77 bits per heavy atom. The maximum Gasteiger partial charge on any atom is 0.254 e. The first-order valence-corrected chi connectivity index (χ1v) is 11.0. The Bertz CT molecular complexity index is 1080. The number of hydrogen-bond donors (Lipinski definition) is 1. The monoisotopic (exact) mass is 435 g/mol. The van der Waals surface area contributed by atoms with E-state index in [2.05, 4.69) is 15.5 Å². The Morgan fingerprint density at radius 1 is 1.06 bits per heavy atom. The van der Waals surface area contributed by atoms with Crippen molar-refractivity contribution in [2.75, 3.05) is 30.9 Å². The molecule has 1 saturated heterocycles. The quantitative estimate of drug-likeness (QED) is 0.659. The molecule has 1 atom stereocenters. The van der Waals surface area contributed by atoms with E-state index in [1.807, 2.05) is 74.4 Å². The van der Waals surface area contributed by atoms with Gasteiger partial charge in [-0.3, -0.25) is 14.9 Å². The molecule has 7 nitrogen and oxygen atoms in total. The highest BCUT2D eigenvalue weighted by Crippen LogP contribution is 2.29. The van der Waals surface area contributed by atoms with Crippen molar-refractivity contribution in [1.82, 2.24) is 15.1 Å². The van der Waals surface area contributed by atoms with Gasteiger partial charge in [-0.25, -0.2) is 0 Å². The molecule has 2 amide bonds. The Hall–Kier alpha value is -3.26. The van der Waals surface area contributed by atoms with E-state index in [4.69, 9.17) is 0 Å². The summed E-state index contributed by atoms with van der Waals surface area (Å²) in [7, 11) is 3.98. The largest absolute Gasteiger partial charge is 0.378 e. The van der Waals surface area contributed by atoms with Gasteiger partial charge < -0.3 is 9.80 Å². The number of nitrogens with one attached hydrogen (secondary N) is 1. The standard InChI is InChI=1S/C23H25N5O2S/c1-15-6-8-17(9-7-15)22(30)28-14-4-5-19(28)20(29)24-23-26-25-21(31-23)16-10-12-18(13-11-16)27(2)3/h6-13,19H,4-5,14H2,1-3H3,(H,24,26,29). The van der Waals surface area contributed by atoms with Crippen molar-refractivity contribution in [3.05, 3.63) is 59.7 Å². The van der Waals surface area contributed by atoms with Gasteiger partial charge in [0.2, 0.25) is 11.0 Å². The maximum absolute atomic E-state index is 12.9. The van der Waals surface area contributed by atoms with E-state index in [1.54, 1.807) is 4.90 Å². The molecule has 1 aliphatic heterocycles. The van der Waals surface area contributed by atoms with Crippen molar-refractivity contribution in [2.45, 2.75) is 25.8 Å². The summed E-state index contributed by atoms with van der Waals surface area (Å²) in [5.74, 6) is -0.333. The lowest BCUT2D eigenvalue weighted by atomic mass is 10.1. The average molecular weight is 436 g/mol. The molecule has 3 aromatic rings. The fraction of sp³-hybridized carbons (Fsp3) is 0.304. The van der Waals surface area contributed by atoms with Crippen LogP contribution in [0.25, 0.3) is 10.6 Å². The average Bonchev–Trinajstić information content (AvgIpc) is 3.44. The van der Waals surface area contributed by atoms with Crippen LogP contribution in [0, 0.1) is 6.92 Å². The third-order valence-corrected chi connectivity index (χ3v) is 6.29. The van der Waals surface area contributed by atoms with Gasteiger partial charge in [-0.1, -0.05) is 29.0 Å². The van der Waals surface area contributed by atoms with Crippen LogP contribution in [0.4, 0.5) is 10.8 Å². The Morgan fingerprint density at radius 3 is 2.45 bits per heavy atom. The van der Waals surface area contributed by atoms with Crippen molar-refractivity contribution >= 4 is 34.0 Å². The van der Waals surface area contributed by atoms with E-state index in [9.17, 15) is 9.59 Å². The van der Waals surface area contributed by atoms with Gasteiger partial charge in [0.1, 0.15) is 11.0 Å². The molecule has 2 heterocycles. The molecule has 8 heteroatoms. The molecule has 1 fully saturated rings. The Balaban J connectivity index is 1.44. The minimum Gasteiger partial charge on any atom is -0.378 e. The van der Waals surface area contributed by atoms with E-state index < -0.39 is 6.04 Å². The summed E-state index contributed by atoms with van der Waals surface area (Å²) in [6, 6.07) is 14.9. The summed E-state index contributed by atoms with van der Waals surface area (Å²) in [6.45, 7) is 2.55. The maximum atomic E-state index is 12.9. The molecule has 0 bridgehead atoms. The van der Waals surface area contributed by atoms with Crippen LogP contribution in [-0.2, 0) is 4.79 Å². The lowest BCUT2D eigenvalue weighted by molar-refractivity contribution is -0.119. The van der Waals surface area contributed by atoms with Crippen LogP contribution in [-0.4, -0.2) is 53.6 Å². The number of carbonyl (C=O) groups is 2. The SMILES string of the molecule is Cc1ccc(C(=O)N2CCCC2C(=O)Nc2nnc(-c3ccc(N(C)C)cc3)s2)cc1. The van der Waals surface area contributed by atoms with Crippen LogP contribution >= 0.6 is 11.3 Å². The predicted molar refractivity (Wildman–Crippen MR) is 124 cm³/mol. The molecule has 0 aliphatic carbocycles. The summed E-state index contributed by atoms with van der Waals surface area (Å²) < 4.78 is 0. The van der Waals surface area contributed by atoms with Crippen LogP contribution in [0.5, 0.6) is 0 Å². The van der Waals surface area contributed by atoms with Gasteiger partial charge in [-0.05, 0) is 56.2 Å². The third kappa shape index (κ3) is 4.59. The third-order valence-electron chi connectivity index (χ3n) is 5.40. The van der Waals surface area contributed by atoms with Crippen LogP contribution < -0.4 is 10.2 Å². The number of aryl methyl sites for hydroxylation is 1. The van der Waals surface area contributed by atoms with Crippen LogP contribution in [0.15, 0.2) is 48.5 Å². The van der Waals surface area contributed by atoms with Gasteiger partial charge in [-0.15, -0.1) is 10.2 Å². The molecular weight excluding hydrogens is 410 g/mol. The van der Waals surface area contributed by atoms with Gasteiger partial charge >= 0.3 is 0 Å². The van der Waals surface area contributed by atoms with Gasteiger partial charge in [0.05, 0.1) is 0 Å². The number of carbonyl (C=O) groups excluding carboxylic acids is 2. The minimum atomic E-state index is -0.500. The first-order chi connectivity index (χ1) is 14.9. The molecule has 0 saturated carbocycles. The molecule has 31 heavy (non-hydrogen) atoms. The van der Waals surface area contributed by atoms with E-state index in [0.29, 0.717) is 23.7 Å².